The molecule has 0 saturated heterocycles. The molecule has 2 rings (SSSR count). The normalized spacial score (nSPS) is 12.0. The highest BCUT2D eigenvalue weighted by atomic mass is 16.5. The van der Waals surface area contributed by atoms with Gasteiger partial charge in [-0.3, -0.25) is 5.84 Å². The number of hydrogen-bond donors (Lipinski definition) is 2. The van der Waals surface area contributed by atoms with Crippen LogP contribution in [0.5, 0.6) is 11.6 Å². The van der Waals surface area contributed by atoms with E-state index in [1.807, 2.05) is 37.3 Å². The molecule has 20 heavy (non-hydrogen) atoms. The lowest BCUT2D eigenvalue weighted by molar-refractivity contribution is 0.387. The number of nitrogens with one attached hydrogen (secondary N) is 1. The molecule has 1 heterocycles. The zero-order chi connectivity index (χ0) is 14.5. The Kier molecular flexibility index (Phi) is 4.55. The van der Waals surface area contributed by atoms with Crippen molar-refractivity contribution in [2.75, 3.05) is 14.2 Å². The molecule has 0 aliphatic carbocycles. The second-order valence-corrected chi connectivity index (χ2v) is 4.42. The van der Waals surface area contributed by atoms with Crippen LogP contribution in [0.4, 0.5) is 0 Å². The molecule has 0 fully saturated rings. The second-order valence-electron chi connectivity index (χ2n) is 4.42. The summed E-state index contributed by atoms with van der Waals surface area (Å²) in [5.41, 5.74) is 5.86. The quantitative estimate of drug-likeness (QED) is 0.644. The molecular formula is C15H19N3O2. The Labute approximate surface area is 118 Å². The van der Waals surface area contributed by atoms with Gasteiger partial charge in [-0.15, -0.1) is 0 Å². The molecule has 0 radical (unpaired) electrons. The highest BCUT2D eigenvalue weighted by molar-refractivity contribution is 5.43. The van der Waals surface area contributed by atoms with E-state index in [1.54, 1.807) is 20.4 Å². The fourth-order valence-corrected chi connectivity index (χ4v) is 2.24. The van der Waals surface area contributed by atoms with Gasteiger partial charge in [0.1, 0.15) is 5.75 Å². The van der Waals surface area contributed by atoms with Crippen molar-refractivity contribution < 1.29 is 9.47 Å². The first-order valence-corrected chi connectivity index (χ1v) is 6.30. The predicted octanol–water partition coefficient (Wildman–Crippen LogP) is 1.96. The monoisotopic (exact) mass is 273 g/mol. The summed E-state index contributed by atoms with van der Waals surface area (Å²) >= 11 is 0. The zero-order valence-corrected chi connectivity index (χ0v) is 11.9. The van der Waals surface area contributed by atoms with Crippen LogP contribution in [-0.4, -0.2) is 19.2 Å². The standard InChI is InChI=1S/C15H19N3O2/c1-10-9-11(19-2)6-7-12(10)14(18-16)13-5-4-8-17-15(13)20-3/h4-9,14,18H,16H2,1-3H3. The highest BCUT2D eigenvalue weighted by Gasteiger charge is 2.19. The lowest BCUT2D eigenvalue weighted by Crippen LogP contribution is -2.29. The summed E-state index contributed by atoms with van der Waals surface area (Å²) in [5.74, 6) is 7.12. The Hall–Kier alpha value is -2.11. The van der Waals surface area contributed by atoms with E-state index in [-0.39, 0.29) is 6.04 Å². The first-order valence-electron chi connectivity index (χ1n) is 6.30. The van der Waals surface area contributed by atoms with Crippen LogP contribution >= 0.6 is 0 Å². The summed E-state index contributed by atoms with van der Waals surface area (Å²) in [6, 6.07) is 9.49. The molecule has 0 bridgehead atoms. The summed E-state index contributed by atoms with van der Waals surface area (Å²) in [5, 5.41) is 0. The molecule has 2 aromatic rings. The van der Waals surface area contributed by atoms with E-state index >= 15 is 0 Å². The SMILES string of the molecule is COc1ccc(C(NN)c2cccnc2OC)c(C)c1. The number of aromatic nitrogens is 1. The van der Waals surface area contributed by atoms with Gasteiger partial charge in [-0.2, -0.15) is 0 Å². The van der Waals surface area contributed by atoms with Gasteiger partial charge in [0, 0.05) is 11.8 Å². The molecule has 1 atom stereocenters. The molecule has 3 N–H and O–H groups in total. The van der Waals surface area contributed by atoms with Crippen molar-refractivity contribution in [2.24, 2.45) is 5.84 Å². The molecule has 1 aromatic heterocycles. The number of aryl methyl sites for hydroxylation is 1. The maximum Gasteiger partial charge on any atom is 0.218 e. The number of rotatable bonds is 5. The van der Waals surface area contributed by atoms with Gasteiger partial charge in [0.15, 0.2) is 0 Å². The minimum atomic E-state index is -0.190. The van der Waals surface area contributed by atoms with Crippen molar-refractivity contribution in [1.82, 2.24) is 10.4 Å². The van der Waals surface area contributed by atoms with Crippen molar-refractivity contribution >= 4 is 0 Å². The Morgan fingerprint density at radius 3 is 2.55 bits per heavy atom. The van der Waals surface area contributed by atoms with E-state index in [0.29, 0.717) is 5.88 Å². The maximum absolute atomic E-state index is 5.74. The Morgan fingerprint density at radius 1 is 1.15 bits per heavy atom. The van der Waals surface area contributed by atoms with Crippen LogP contribution in [0.1, 0.15) is 22.7 Å². The van der Waals surface area contributed by atoms with Gasteiger partial charge in [0.25, 0.3) is 0 Å². The molecule has 5 heteroatoms. The second kappa shape index (κ2) is 6.36. The van der Waals surface area contributed by atoms with Gasteiger partial charge in [-0.1, -0.05) is 12.1 Å². The lowest BCUT2D eigenvalue weighted by Gasteiger charge is -2.20. The van der Waals surface area contributed by atoms with Gasteiger partial charge in [0.2, 0.25) is 5.88 Å². The van der Waals surface area contributed by atoms with Gasteiger partial charge in [-0.25, -0.2) is 10.4 Å². The van der Waals surface area contributed by atoms with Crippen molar-refractivity contribution in [1.29, 1.82) is 0 Å². The number of methoxy groups -OCH3 is 2. The van der Waals surface area contributed by atoms with Gasteiger partial charge < -0.3 is 9.47 Å². The van der Waals surface area contributed by atoms with E-state index in [2.05, 4.69) is 10.4 Å². The number of hydrazine groups is 1. The van der Waals surface area contributed by atoms with Gasteiger partial charge in [-0.05, 0) is 36.2 Å². The molecular weight excluding hydrogens is 254 g/mol. The zero-order valence-electron chi connectivity index (χ0n) is 11.9. The summed E-state index contributed by atoms with van der Waals surface area (Å²) < 4.78 is 10.5. The number of nitrogens with two attached hydrogens (primary N) is 1. The lowest BCUT2D eigenvalue weighted by atomic mass is 9.96. The number of ether oxygens (including phenoxy) is 2. The van der Waals surface area contributed by atoms with E-state index < -0.39 is 0 Å². The molecule has 1 aromatic carbocycles. The Bertz CT molecular complexity index is 587. The van der Waals surface area contributed by atoms with Crippen LogP contribution in [-0.2, 0) is 0 Å². The largest absolute Gasteiger partial charge is 0.497 e. The molecule has 0 spiro atoms. The third kappa shape index (κ3) is 2.74. The number of pyridine rings is 1. The van der Waals surface area contributed by atoms with Crippen molar-refractivity contribution in [2.45, 2.75) is 13.0 Å². The van der Waals surface area contributed by atoms with Crippen LogP contribution in [0.2, 0.25) is 0 Å². The van der Waals surface area contributed by atoms with E-state index in [9.17, 15) is 0 Å². The third-order valence-electron chi connectivity index (χ3n) is 3.26. The Balaban J connectivity index is 2.47. The van der Waals surface area contributed by atoms with Crippen LogP contribution in [0.3, 0.4) is 0 Å². The van der Waals surface area contributed by atoms with Gasteiger partial charge in [0.05, 0.1) is 20.3 Å². The van der Waals surface area contributed by atoms with E-state index in [4.69, 9.17) is 15.3 Å². The fraction of sp³-hybridized carbons (Fsp3) is 0.267. The first kappa shape index (κ1) is 14.3. The van der Waals surface area contributed by atoms with E-state index in [0.717, 1.165) is 22.4 Å². The minimum Gasteiger partial charge on any atom is -0.497 e. The smallest absolute Gasteiger partial charge is 0.218 e. The first-order chi connectivity index (χ1) is 9.71. The van der Waals surface area contributed by atoms with Crippen molar-refractivity contribution in [3.63, 3.8) is 0 Å². The molecule has 0 aliphatic rings. The molecule has 1 unspecified atom stereocenters. The minimum absolute atomic E-state index is 0.190. The summed E-state index contributed by atoms with van der Waals surface area (Å²) in [7, 11) is 3.25. The summed E-state index contributed by atoms with van der Waals surface area (Å²) in [6.07, 6.45) is 1.69. The van der Waals surface area contributed by atoms with Crippen LogP contribution in [0.15, 0.2) is 36.5 Å². The van der Waals surface area contributed by atoms with Gasteiger partial charge >= 0.3 is 0 Å². The van der Waals surface area contributed by atoms with Crippen molar-refractivity contribution in [3.05, 3.63) is 53.2 Å². The summed E-state index contributed by atoms with van der Waals surface area (Å²) in [4.78, 5) is 4.21. The van der Waals surface area contributed by atoms with Crippen LogP contribution in [0.25, 0.3) is 0 Å². The Morgan fingerprint density at radius 2 is 1.95 bits per heavy atom. The average molecular weight is 273 g/mol. The fourth-order valence-electron chi connectivity index (χ4n) is 2.24. The number of nitrogens with zero attached hydrogens (tertiary/aromatic N) is 1. The van der Waals surface area contributed by atoms with Crippen LogP contribution < -0.4 is 20.7 Å². The maximum atomic E-state index is 5.74. The summed E-state index contributed by atoms with van der Waals surface area (Å²) in [6.45, 7) is 2.02. The third-order valence-corrected chi connectivity index (χ3v) is 3.26. The van der Waals surface area contributed by atoms with Crippen LogP contribution in [0, 0.1) is 6.92 Å². The topological polar surface area (TPSA) is 69.4 Å². The molecule has 0 aliphatic heterocycles. The van der Waals surface area contributed by atoms with Crippen molar-refractivity contribution in [3.8, 4) is 11.6 Å². The number of hydrogen-bond acceptors (Lipinski definition) is 5. The predicted molar refractivity (Wildman–Crippen MR) is 77.7 cm³/mol. The molecule has 0 saturated carbocycles. The highest BCUT2D eigenvalue weighted by Crippen LogP contribution is 2.30. The molecule has 0 amide bonds. The number of benzene rings is 1. The molecule has 5 nitrogen and oxygen atoms in total. The molecule has 106 valence electrons. The van der Waals surface area contributed by atoms with E-state index in [1.165, 1.54) is 0 Å². The average Bonchev–Trinajstić information content (AvgIpc) is 2.50.